The van der Waals surface area contributed by atoms with Crippen molar-refractivity contribution in [2.75, 3.05) is 25.6 Å². The number of methoxy groups -OCH3 is 1. The Morgan fingerprint density at radius 3 is 2.81 bits per heavy atom. The van der Waals surface area contributed by atoms with Gasteiger partial charge in [0.1, 0.15) is 0 Å². The van der Waals surface area contributed by atoms with E-state index >= 15 is 0 Å². The van der Waals surface area contributed by atoms with Gasteiger partial charge in [-0.05, 0) is 11.8 Å². The standard InChI is InChI=1S/C12H23N3O/c1-12(2,3)5-8-15-9-6-13-11(15)14-7-10-16-4/h6,9H,5,7-8,10H2,1-4H3,(H,13,14). The van der Waals surface area contributed by atoms with Crippen LogP contribution in [0.25, 0.3) is 0 Å². The summed E-state index contributed by atoms with van der Waals surface area (Å²) in [7, 11) is 1.70. The van der Waals surface area contributed by atoms with Gasteiger partial charge < -0.3 is 14.6 Å². The lowest BCUT2D eigenvalue weighted by molar-refractivity contribution is 0.210. The van der Waals surface area contributed by atoms with Crippen LogP contribution < -0.4 is 5.32 Å². The molecular weight excluding hydrogens is 202 g/mol. The topological polar surface area (TPSA) is 39.1 Å². The predicted molar refractivity (Wildman–Crippen MR) is 66.7 cm³/mol. The fourth-order valence-corrected chi connectivity index (χ4v) is 1.38. The molecule has 1 aromatic heterocycles. The highest BCUT2D eigenvalue weighted by atomic mass is 16.5. The molecule has 0 bridgehead atoms. The number of anilines is 1. The molecule has 0 amide bonds. The number of imidazole rings is 1. The molecule has 1 rings (SSSR count). The third-order valence-electron chi connectivity index (χ3n) is 2.41. The van der Waals surface area contributed by atoms with E-state index in [0.29, 0.717) is 12.0 Å². The van der Waals surface area contributed by atoms with Gasteiger partial charge >= 0.3 is 0 Å². The molecule has 1 heterocycles. The Hall–Kier alpha value is -1.03. The Labute approximate surface area is 98.0 Å². The lowest BCUT2D eigenvalue weighted by Gasteiger charge is -2.19. The van der Waals surface area contributed by atoms with Gasteiger partial charge in [-0.3, -0.25) is 0 Å². The summed E-state index contributed by atoms with van der Waals surface area (Å²) in [5, 5.41) is 3.26. The number of nitrogens with one attached hydrogen (secondary N) is 1. The van der Waals surface area contributed by atoms with Crippen molar-refractivity contribution < 1.29 is 4.74 Å². The van der Waals surface area contributed by atoms with Crippen LogP contribution in [0.2, 0.25) is 0 Å². The van der Waals surface area contributed by atoms with E-state index in [-0.39, 0.29) is 0 Å². The molecule has 4 nitrogen and oxygen atoms in total. The summed E-state index contributed by atoms with van der Waals surface area (Å²) in [6, 6.07) is 0. The Balaban J connectivity index is 2.44. The maximum absolute atomic E-state index is 4.99. The molecule has 0 saturated carbocycles. The van der Waals surface area contributed by atoms with Crippen molar-refractivity contribution >= 4 is 5.95 Å². The highest BCUT2D eigenvalue weighted by molar-refractivity contribution is 5.25. The zero-order valence-corrected chi connectivity index (χ0v) is 10.8. The first-order chi connectivity index (χ1) is 7.53. The molecule has 0 radical (unpaired) electrons. The van der Waals surface area contributed by atoms with Crippen LogP contribution in [-0.2, 0) is 11.3 Å². The van der Waals surface area contributed by atoms with Crippen molar-refractivity contribution in [3.63, 3.8) is 0 Å². The van der Waals surface area contributed by atoms with Gasteiger partial charge in [-0.2, -0.15) is 0 Å². The number of rotatable bonds is 6. The van der Waals surface area contributed by atoms with Crippen LogP contribution in [0.1, 0.15) is 27.2 Å². The number of aryl methyl sites for hydroxylation is 1. The fraction of sp³-hybridized carbons (Fsp3) is 0.750. The van der Waals surface area contributed by atoms with Crippen molar-refractivity contribution in [1.82, 2.24) is 9.55 Å². The molecule has 0 unspecified atom stereocenters. The second-order valence-corrected chi connectivity index (χ2v) is 5.17. The van der Waals surface area contributed by atoms with Crippen molar-refractivity contribution in [2.45, 2.75) is 33.7 Å². The molecule has 4 heteroatoms. The van der Waals surface area contributed by atoms with Crippen molar-refractivity contribution in [2.24, 2.45) is 5.41 Å². The number of nitrogens with zero attached hydrogens (tertiary/aromatic N) is 2. The highest BCUT2D eigenvalue weighted by Gasteiger charge is 2.11. The summed E-state index contributed by atoms with van der Waals surface area (Å²) < 4.78 is 7.15. The van der Waals surface area contributed by atoms with Crippen LogP contribution in [0.5, 0.6) is 0 Å². The number of ether oxygens (including phenoxy) is 1. The first-order valence-electron chi connectivity index (χ1n) is 5.77. The average molecular weight is 225 g/mol. The van der Waals surface area contributed by atoms with Crippen LogP contribution in [-0.4, -0.2) is 29.8 Å². The third kappa shape index (κ3) is 4.66. The van der Waals surface area contributed by atoms with E-state index in [0.717, 1.165) is 25.5 Å². The van der Waals surface area contributed by atoms with E-state index in [4.69, 9.17) is 4.74 Å². The first-order valence-corrected chi connectivity index (χ1v) is 5.77. The maximum atomic E-state index is 4.99. The van der Waals surface area contributed by atoms with Crippen LogP contribution in [0.15, 0.2) is 12.4 Å². The minimum Gasteiger partial charge on any atom is -0.383 e. The van der Waals surface area contributed by atoms with E-state index in [1.165, 1.54) is 0 Å². The van der Waals surface area contributed by atoms with E-state index in [1.807, 2.05) is 12.4 Å². The molecule has 1 N–H and O–H groups in total. The molecule has 1 aromatic rings. The van der Waals surface area contributed by atoms with E-state index in [9.17, 15) is 0 Å². The zero-order valence-electron chi connectivity index (χ0n) is 10.8. The molecule has 0 aromatic carbocycles. The van der Waals surface area contributed by atoms with Crippen molar-refractivity contribution in [3.8, 4) is 0 Å². The van der Waals surface area contributed by atoms with Crippen molar-refractivity contribution in [1.29, 1.82) is 0 Å². The largest absolute Gasteiger partial charge is 0.383 e. The lowest BCUT2D eigenvalue weighted by atomic mass is 9.92. The van der Waals surface area contributed by atoms with Gasteiger partial charge in [0.15, 0.2) is 0 Å². The Bertz CT molecular complexity index is 301. The molecule has 0 fully saturated rings. The highest BCUT2D eigenvalue weighted by Crippen LogP contribution is 2.20. The molecule has 0 aliphatic rings. The lowest BCUT2D eigenvalue weighted by Crippen LogP contribution is -2.15. The van der Waals surface area contributed by atoms with E-state index in [1.54, 1.807) is 7.11 Å². The summed E-state index contributed by atoms with van der Waals surface area (Å²) in [6.07, 6.45) is 4.99. The molecule has 0 spiro atoms. The van der Waals surface area contributed by atoms with Gasteiger partial charge in [-0.1, -0.05) is 20.8 Å². The zero-order chi connectivity index (χ0) is 12.0. The van der Waals surface area contributed by atoms with Gasteiger partial charge in [-0.15, -0.1) is 0 Å². The summed E-state index contributed by atoms with van der Waals surface area (Å²) in [6.45, 7) is 9.25. The monoisotopic (exact) mass is 225 g/mol. The Morgan fingerprint density at radius 1 is 1.44 bits per heavy atom. The molecule has 0 saturated heterocycles. The van der Waals surface area contributed by atoms with Crippen LogP contribution in [0, 0.1) is 5.41 Å². The normalized spacial score (nSPS) is 11.8. The van der Waals surface area contributed by atoms with Gasteiger partial charge in [0, 0.05) is 32.6 Å². The van der Waals surface area contributed by atoms with Crippen LogP contribution >= 0.6 is 0 Å². The average Bonchev–Trinajstić information content (AvgIpc) is 2.62. The Morgan fingerprint density at radius 2 is 2.19 bits per heavy atom. The van der Waals surface area contributed by atoms with Gasteiger partial charge in [-0.25, -0.2) is 4.98 Å². The second kappa shape index (κ2) is 5.89. The fourth-order valence-electron chi connectivity index (χ4n) is 1.38. The van der Waals surface area contributed by atoms with Gasteiger partial charge in [0.25, 0.3) is 0 Å². The first kappa shape index (κ1) is 13.0. The molecule has 0 atom stereocenters. The van der Waals surface area contributed by atoms with Crippen molar-refractivity contribution in [3.05, 3.63) is 12.4 Å². The number of hydrogen-bond donors (Lipinski definition) is 1. The summed E-state index contributed by atoms with van der Waals surface area (Å²) >= 11 is 0. The summed E-state index contributed by atoms with van der Waals surface area (Å²) in [4.78, 5) is 4.28. The van der Waals surface area contributed by atoms with E-state index < -0.39 is 0 Å². The Kier molecular flexibility index (Phi) is 4.80. The van der Waals surface area contributed by atoms with Crippen LogP contribution in [0.4, 0.5) is 5.95 Å². The third-order valence-corrected chi connectivity index (χ3v) is 2.41. The molecule has 0 aliphatic carbocycles. The number of aromatic nitrogens is 2. The predicted octanol–water partition coefficient (Wildman–Crippen LogP) is 2.38. The molecular formula is C12H23N3O. The maximum Gasteiger partial charge on any atom is 0.202 e. The van der Waals surface area contributed by atoms with Gasteiger partial charge in [0.05, 0.1) is 6.61 Å². The SMILES string of the molecule is COCCNc1nccn1CCC(C)(C)C. The smallest absolute Gasteiger partial charge is 0.202 e. The van der Waals surface area contributed by atoms with Gasteiger partial charge in [0.2, 0.25) is 5.95 Å². The second-order valence-electron chi connectivity index (χ2n) is 5.17. The molecule has 16 heavy (non-hydrogen) atoms. The minimum absolute atomic E-state index is 0.355. The van der Waals surface area contributed by atoms with E-state index in [2.05, 4.69) is 35.6 Å². The summed E-state index contributed by atoms with van der Waals surface area (Å²) in [5.74, 6) is 0.932. The molecule has 0 aliphatic heterocycles. The summed E-state index contributed by atoms with van der Waals surface area (Å²) in [5.41, 5.74) is 0.355. The molecule has 92 valence electrons. The quantitative estimate of drug-likeness (QED) is 0.755. The number of hydrogen-bond acceptors (Lipinski definition) is 3. The minimum atomic E-state index is 0.355. The van der Waals surface area contributed by atoms with Crippen LogP contribution in [0.3, 0.4) is 0 Å².